The van der Waals surface area contributed by atoms with E-state index >= 15 is 0 Å². The fourth-order valence-electron chi connectivity index (χ4n) is 7.00. The fourth-order valence-corrected chi connectivity index (χ4v) is 7.00. The van der Waals surface area contributed by atoms with Crippen molar-refractivity contribution in [2.24, 2.45) is 0 Å². The van der Waals surface area contributed by atoms with Crippen LogP contribution >= 0.6 is 0 Å². The number of rotatable bonds is 44. The molecule has 0 fully saturated rings. The minimum atomic E-state index is -0.769. The molecule has 0 aromatic carbocycles. The zero-order valence-electron chi connectivity index (χ0n) is 37.4. The van der Waals surface area contributed by atoms with Crippen LogP contribution in [0.1, 0.15) is 258 Å². The van der Waals surface area contributed by atoms with E-state index in [1.807, 2.05) is 0 Å². The summed E-state index contributed by atoms with van der Waals surface area (Å²) in [5.41, 5.74) is 0. The summed E-state index contributed by atoms with van der Waals surface area (Å²) in [6.07, 6.45) is 50.1. The molecule has 0 rings (SSSR count). The van der Waals surface area contributed by atoms with Crippen molar-refractivity contribution in [3.8, 4) is 0 Å². The minimum absolute atomic E-state index is 0.0718. The van der Waals surface area contributed by atoms with Crippen molar-refractivity contribution >= 4 is 17.9 Å². The molecule has 0 amide bonds. The van der Waals surface area contributed by atoms with Crippen molar-refractivity contribution < 1.29 is 28.6 Å². The van der Waals surface area contributed by atoms with E-state index in [-0.39, 0.29) is 31.1 Å². The second-order valence-electron chi connectivity index (χ2n) is 16.4. The van der Waals surface area contributed by atoms with Crippen molar-refractivity contribution in [2.45, 2.75) is 264 Å². The van der Waals surface area contributed by atoms with Gasteiger partial charge in [0.05, 0.1) is 0 Å². The SMILES string of the molecule is CCCCCC/C=C\C/C=C\CCCCCCCC(=O)OCC(COC(=O)CCCCCCCCCCC)OC(=O)CCCCCCCCCCCCCCC. The van der Waals surface area contributed by atoms with Crippen LogP contribution in [0.4, 0.5) is 0 Å². The van der Waals surface area contributed by atoms with Crippen molar-refractivity contribution in [1.82, 2.24) is 0 Å². The Bertz CT molecular complexity index is 911. The Morgan fingerprint density at radius 2 is 0.643 bits per heavy atom. The highest BCUT2D eigenvalue weighted by molar-refractivity contribution is 5.71. The number of allylic oxidation sites excluding steroid dienone is 4. The summed E-state index contributed by atoms with van der Waals surface area (Å²) in [5, 5.41) is 0. The summed E-state index contributed by atoms with van der Waals surface area (Å²) in [6.45, 7) is 6.60. The smallest absolute Gasteiger partial charge is 0.306 e. The topological polar surface area (TPSA) is 78.9 Å². The second kappa shape index (κ2) is 45.6. The summed E-state index contributed by atoms with van der Waals surface area (Å²) in [6, 6.07) is 0. The number of unbranched alkanes of at least 4 members (excludes halogenated alkanes) is 29. The van der Waals surface area contributed by atoms with E-state index < -0.39 is 6.10 Å². The molecule has 0 aliphatic heterocycles. The summed E-state index contributed by atoms with van der Waals surface area (Å²) < 4.78 is 16.7. The molecule has 0 saturated heterocycles. The quantitative estimate of drug-likeness (QED) is 0.0265. The molecule has 0 spiro atoms. The van der Waals surface area contributed by atoms with Gasteiger partial charge in [-0.1, -0.05) is 212 Å². The molecule has 6 nitrogen and oxygen atoms in total. The largest absolute Gasteiger partial charge is 0.462 e. The number of hydrogen-bond acceptors (Lipinski definition) is 6. The highest BCUT2D eigenvalue weighted by atomic mass is 16.6. The lowest BCUT2D eigenvalue weighted by Gasteiger charge is -2.18. The van der Waals surface area contributed by atoms with Gasteiger partial charge in [-0.15, -0.1) is 0 Å². The zero-order valence-corrected chi connectivity index (χ0v) is 37.4. The first kappa shape index (κ1) is 53.9. The Hall–Kier alpha value is -2.11. The van der Waals surface area contributed by atoms with Crippen LogP contribution in [0.2, 0.25) is 0 Å². The Morgan fingerprint density at radius 1 is 0.357 bits per heavy atom. The third-order valence-corrected chi connectivity index (χ3v) is 10.7. The lowest BCUT2D eigenvalue weighted by molar-refractivity contribution is -0.167. The molecule has 1 atom stereocenters. The maximum Gasteiger partial charge on any atom is 0.306 e. The molecule has 0 aromatic heterocycles. The number of carbonyl (C=O) groups is 3. The Kier molecular flexibility index (Phi) is 43.9. The van der Waals surface area contributed by atoms with E-state index in [1.165, 1.54) is 141 Å². The van der Waals surface area contributed by atoms with Gasteiger partial charge in [0.25, 0.3) is 0 Å². The lowest BCUT2D eigenvalue weighted by Crippen LogP contribution is -2.30. The van der Waals surface area contributed by atoms with E-state index in [1.54, 1.807) is 0 Å². The van der Waals surface area contributed by atoms with Crippen LogP contribution in [-0.4, -0.2) is 37.2 Å². The van der Waals surface area contributed by atoms with E-state index in [0.717, 1.165) is 77.0 Å². The highest BCUT2D eigenvalue weighted by Crippen LogP contribution is 2.15. The third kappa shape index (κ3) is 43.0. The van der Waals surface area contributed by atoms with Gasteiger partial charge in [-0.25, -0.2) is 0 Å². The van der Waals surface area contributed by atoms with Crippen LogP contribution in [0.15, 0.2) is 24.3 Å². The van der Waals surface area contributed by atoms with Gasteiger partial charge in [0.15, 0.2) is 6.10 Å². The monoisotopic (exact) mass is 789 g/mol. The molecule has 328 valence electrons. The number of carbonyl (C=O) groups excluding carboxylic acids is 3. The molecular weight excluding hydrogens is 697 g/mol. The number of hydrogen-bond donors (Lipinski definition) is 0. The first-order valence-corrected chi connectivity index (χ1v) is 24.3. The molecule has 0 N–H and O–H groups in total. The van der Waals surface area contributed by atoms with Crippen molar-refractivity contribution in [3.63, 3.8) is 0 Å². The summed E-state index contributed by atoms with van der Waals surface area (Å²) in [4.78, 5) is 37.8. The summed E-state index contributed by atoms with van der Waals surface area (Å²) in [7, 11) is 0. The molecule has 0 bridgehead atoms. The standard InChI is InChI=1S/C50H92O6/c1-4-7-10-13-16-19-21-23-24-25-27-28-31-34-37-40-43-49(52)55-46-47(45-54-48(51)42-39-36-33-30-18-15-12-9-6-3)56-50(53)44-41-38-35-32-29-26-22-20-17-14-11-8-5-2/h19,21,24-25,47H,4-18,20,22-23,26-46H2,1-3H3/b21-19-,25-24-. The molecule has 6 heteroatoms. The molecule has 0 saturated carbocycles. The highest BCUT2D eigenvalue weighted by Gasteiger charge is 2.19. The van der Waals surface area contributed by atoms with Crippen LogP contribution in [-0.2, 0) is 28.6 Å². The van der Waals surface area contributed by atoms with Gasteiger partial charge in [-0.3, -0.25) is 14.4 Å². The maximum atomic E-state index is 12.7. The number of esters is 3. The minimum Gasteiger partial charge on any atom is -0.462 e. The van der Waals surface area contributed by atoms with Gasteiger partial charge in [0.1, 0.15) is 13.2 Å². The van der Waals surface area contributed by atoms with E-state index in [0.29, 0.717) is 19.3 Å². The van der Waals surface area contributed by atoms with Gasteiger partial charge in [0.2, 0.25) is 0 Å². The van der Waals surface area contributed by atoms with Crippen molar-refractivity contribution in [2.75, 3.05) is 13.2 Å². The molecule has 0 aliphatic rings. The molecule has 0 aromatic rings. The van der Waals surface area contributed by atoms with E-state index in [2.05, 4.69) is 45.1 Å². The number of ether oxygens (including phenoxy) is 3. The fraction of sp³-hybridized carbons (Fsp3) is 0.860. The molecule has 56 heavy (non-hydrogen) atoms. The molecular formula is C50H92O6. The van der Waals surface area contributed by atoms with Crippen LogP contribution in [0.25, 0.3) is 0 Å². The van der Waals surface area contributed by atoms with Crippen LogP contribution < -0.4 is 0 Å². The normalized spacial score (nSPS) is 12.1. The molecule has 0 aliphatic carbocycles. The van der Waals surface area contributed by atoms with Gasteiger partial charge < -0.3 is 14.2 Å². The molecule has 1 unspecified atom stereocenters. The van der Waals surface area contributed by atoms with Gasteiger partial charge in [-0.05, 0) is 51.4 Å². The van der Waals surface area contributed by atoms with Gasteiger partial charge >= 0.3 is 17.9 Å². The van der Waals surface area contributed by atoms with Crippen molar-refractivity contribution in [1.29, 1.82) is 0 Å². The average molecular weight is 789 g/mol. The maximum absolute atomic E-state index is 12.7. The van der Waals surface area contributed by atoms with E-state index in [9.17, 15) is 14.4 Å². The predicted octanol–water partition coefficient (Wildman–Crippen LogP) is 15.6. The predicted molar refractivity (Wildman–Crippen MR) is 238 cm³/mol. The van der Waals surface area contributed by atoms with Gasteiger partial charge in [0, 0.05) is 19.3 Å². The third-order valence-electron chi connectivity index (χ3n) is 10.7. The first-order chi connectivity index (χ1) is 27.5. The zero-order chi connectivity index (χ0) is 40.8. The van der Waals surface area contributed by atoms with Crippen LogP contribution in [0.5, 0.6) is 0 Å². The van der Waals surface area contributed by atoms with Crippen molar-refractivity contribution in [3.05, 3.63) is 24.3 Å². The second-order valence-corrected chi connectivity index (χ2v) is 16.4. The Labute approximate surface area is 347 Å². The van der Waals surface area contributed by atoms with E-state index in [4.69, 9.17) is 14.2 Å². The molecule has 0 heterocycles. The molecule has 0 radical (unpaired) electrons. The summed E-state index contributed by atoms with van der Waals surface area (Å²) in [5.74, 6) is -0.879. The first-order valence-electron chi connectivity index (χ1n) is 24.3. The lowest BCUT2D eigenvalue weighted by atomic mass is 10.0. The summed E-state index contributed by atoms with van der Waals surface area (Å²) >= 11 is 0. The van der Waals surface area contributed by atoms with Gasteiger partial charge in [-0.2, -0.15) is 0 Å². The Morgan fingerprint density at radius 3 is 1.00 bits per heavy atom. The Balaban J connectivity index is 4.33. The van der Waals surface area contributed by atoms with Crippen LogP contribution in [0.3, 0.4) is 0 Å². The van der Waals surface area contributed by atoms with Crippen LogP contribution in [0, 0.1) is 0 Å². The average Bonchev–Trinajstić information content (AvgIpc) is 3.19.